The molecule has 3 aromatic heterocycles. The average Bonchev–Trinajstić information content (AvgIpc) is 2.85. The number of nitrogens with two attached hydrogens (primary N) is 1. The maximum atomic E-state index is 13.9. The predicted molar refractivity (Wildman–Crippen MR) is 74.6 cm³/mol. The summed E-state index contributed by atoms with van der Waals surface area (Å²) in [6.45, 7) is 1.80. The van der Waals surface area contributed by atoms with E-state index < -0.39 is 0 Å². The molecule has 8 heteroatoms. The number of anilines is 1. The fourth-order valence-electron chi connectivity index (χ4n) is 1.98. The van der Waals surface area contributed by atoms with Gasteiger partial charge >= 0.3 is 0 Å². The first kappa shape index (κ1) is 12.9. The van der Waals surface area contributed by atoms with Gasteiger partial charge in [0.25, 0.3) is 5.78 Å². The number of fused-ring (bicyclic) bond motifs is 1. The Bertz CT molecular complexity index is 800. The van der Waals surface area contributed by atoms with E-state index in [2.05, 4.69) is 36.1 Å². The summed E-state index contributed by atoms with van der Waals surface area (Å²) >= 11 is 3.18. The van der Waals surface area contributed by atoms with Crippen LogP contribution in [0.15, 0.2) is 23.1 Å². The third-order valence-corrected chi connectivity index (χ3v) is 3.46. The largest absolute Gasteiger partial charge is 0.384 e. The van der Waals surface area contributed by atoms with Gasteiger partial charge in [0.1, 0.15) is 18.0 Å². The maximum absolute atomic E-state index is 13.9. The molecule has 3 rings (SSSR count). The van der Waals surface area contributed by atoms with Crippen molar-refractivity contribution >= 4 is 27.5 Å². The van der Waals surface area contributed by atoms with Crippen LogP contribution < -0.4 is 5.73 Å². The standard InChI is InChI=1S/C12H10BrFN6/c1-6-8(3-10-9(14)2-7(13)4-16-10)11(15)20-5-17-19-12(20)18-6/h2,4-5H,3,15H2,1H3. The smallest absolute Gasteiger partial charge is 0.256 e. The van der Waals surface area contributed by atoms with E-state index in [4.69, 9.17) is 5.73 Å². The lowest BCUT2D eigenvalue weighted by molar-refractivity contribution is 0.602. The van der Waals surface area contributed by atoms with Crippen molar-refractivity contribution in [2.24, 2.45) is 0 Å². The molecule has 0 bridgehead atoms. The van der Waals surface area contributed by atoms with Crippen molar-refractivity contribution in [3.8, 4) is 0 Å². The van der Waals surface area contributed by atoms with Crippen molar-refractivity contribution < 1.29 is 4.39 Å². The fraction of sp³-hybridized carbons (Fsp3) is 0.167. The van der Waals surface area contributed by atoms with Gasteiger partial charge in [0.15, 0.2) is 0 Å². The molecular formula is C12H10BrFN6. The molecule has 0 radical (unpaired) electrons. The molecule has 2 N–H and O–H groups in total. The molecule has 0 fully saturated rings. The van der Waals surface area contributed by atoms with Crippen LogP contribution in [0.4, 0.5) is 10.2 Å². The Morgan fingerprint density at radius 3 is 3.00 bits per heavy atom. The molecule has 6 nitrogen and oxygen atoms in total. The number of aryl methyl sites for hydroxylation is 1. The Balaban J connectivity index is 2.10. The van der Waals surface area contributed by atoms with Gasteiger partial charge in [-0.25, -0.2) is 9.37 Å². The molecule has 102 valence electrons. The van der Waals surface area contributed by atoms with Crippen molar-refractivity contribution in [3.05, 3.63) is 45.8 Å². The molecule has 0 aliphatic carbocycles. The minimum atomic E-state index is -0.387. The number of nitrogen functional groups attached to an aromatic ring is 1. The lowest BCUT2D eigenvalue weighted by Crippen LogP contribution is -2.09. The summed E-state index contributed by atoms with van der Waals surface area (Å²) in [5.41, 5.74) is 7.79. The Hall–Kier alpha value is -2.09. The summed E-state index contributed by atoms with van der Waals surface area (Å²) in [6.07, 6.45) is 3.29. The van der Waals surface area contributed by atoms with Gasteiger partial charge in [0.05, 0.1) is 5.69 Å². The van der Waals surface area contributed by atoms with Gasteiger partial charge in [-0.15, -0.1) is 10.2 Å². The summed E-state index contributed by atoms with van der Waals surface area (Å²) in [5.74, 6) is 0.483. The van der Waals surface area contributed by atoms with Crippen LogP contribution in [-0.2, 0) is 6.42 Å². The monoisotopic (exact) mass is 336 g/mol. The second kappa shape index (κ2) is 4.78. The minimum absolute atomic E-state index is 0.262. The molecule has 0 aliphatic rings. The number of aromatic nitrogens is 5. The molecular weight excluding hydrogens is 327 g/mol. The number of pyridine rings is 1. The summed E-state index contributed by atoms with van der Waals surface area (Å²) in [4.78, 5) is 8.37. The molecule has 0 aliphatic heterocycles. The van der Waals surface area contributed by atoms with Crippen molar-refractivity contribution in [2.45, 2.75) is 13.3 Å². The van der Waals surface area contributed by atoms with Gasteiger partial charge < -0.3 is 5.73 Å². The van der Waals surface area contributed by atoms with E-state index >= 15 is 0 Å². The zero-order valence-corrected chi connectivity index (χ0v) is 12.1. The zero-order chi connectivity index (χ0) is 14.3. The number of rotatable bonds is 2. The number of hydrogen-bond acceptors (Lipinski definition) is 5. The molecule has 0 aromatic carbocycles. The van der Waals surface area contributed by atoms with Crippen molar-refractivity contribution in [1.82, 2.24) is 24.6 Å². The van der Waals surface area contributed by atoms with Crippen LogP contribution in [0.3, 0.4) is 0 Å². The van der Waals surface area contributed by atoms with Gasteiger partial charge in [0, 0.05) is 28.3 Å². The highest BCUT2D eigenvalue weighted by Crippen LogP contribution is 2.21. The molecule has 20 heavy (non-hydrogen) atoms. The number of hydrogen-bond donors (Lipinski definition) is 1. The van der Waals surface area contributed by atoms with E-state index in [0.29, 0.717) is 33.0 Å². The number of nitrogens with zero attached hydrogens (tertiary/aromatic N) is 5. The van der Waals surface area contributed by atoms with Gasteiger partial charge in [0.2, 0.25) is 0 Å². The first-order valence-electron chi connectivity index (χ1n) is 5.81. The van der Waals surface area contributed by atoms with Gasteiger partial charge in [-0.1, -0.05) is 0 Å². The van der Waals surface area contributed by atoms with Crippen molar-refractivity contribution in [1.29, 1.82) is 0 Å². The normalized spacial score (nSPS) is 11.2. The second-order valence-electron chi connectivity index (χ2n) is 4.32. The van der Waals surface area contributed by atoms with Gasteiger partial charge in [-0.3, -0.25) is 9.38 Å². The fourth-order valence-corrected chi connectivity index (χ4v) is 2.29. The Morgan fingerprint density at radius 1 is 1.45 bits per heavy atom. The van der Waals surface area contributed by atoms with Crippen LogP contribution in [0.25, 0.3) is 5.78 Å². The highest BCUT2D eigenvalue weighted by molar-refractivity contribution is 9.10. The van der Waals surface area contributed by atoms with Crippen LogP contribution in [0.1, 0.15) is 17.0 Å². The van der Waals surface area contributed by atoms with E-state index in [1.807, 2.05) is 0 Å². The molecule has 0 spiro atoms. The molecule has 0 saturated carbocycles. The highest BCUT2D eigenvalue weighted by Gasteiger charge is 2.14. The zero-order valence-electron chi connectivity index (χ0n) is 10.5. The Morgan fingerprint density at radius 2 is 2.25 bits per heavy atom. The third-order valence-electron chi connectivity index (χ3n) is 3.03. The van der Waals surface area contributed by atoms with Gasteiger partial charge in [-0.2, -0.15) is 0 Å². The van der Waals surface area contributed by atoms with Crippen LogP contribution in [0.2, 0.25) is 0 Å². The minimum Gasteiger partial charge on any atom is -0.384 e. The highest BCUT2D eigenvalue weighted by atomic mass is 79.9. The van der Waals surface area contributed by atoms with E-state index in [1.54, 1.807) is 17.5 Å². The average molecular weight is 337 g/mol. The molecule has 3 aromatic rings. The van der Waals surface area contributed by atoms with Crippen LogP contribution in [-0.4, -0.2) is 24.6 Å². The molecule has 0 atom stereocenters. The van der Waals surface area contributed by atoms with Gasteiger partial charge in [-0.05, 0) is 28.9 Å². The summed E-state index contributed by atoms with van der Waals surface area (Å²) in [5, 5.41) is 7.60. The van der Waals surface area contributed by atoms with E-state index in [0.717, 1.165) is 0 Å². The quantitative estimate of drug-likeness (QED) is 0.772. The van der Waals surface area contributed by atoms with Crippen LogP contribution in [0.5, 0.6) is 0 Å². The van der Waals surface area contributed by atoms with Crippen molar-refractivity contribution in [3.63, 3.8) is 0 Å². The summed E-state index contributed by atoms with van der Waals surface area (Å²) in [6, 6.07) is 1.37. The first-order chi connectivity index (χ1) is 9.56. The number of halogens is 2. The second-order valence-corrected chi connectivity index (χ2v) is 5.24. The van der Waals surface area contributed by atoms with Crippen LogP contribution >= 0.6 is 15.9 Å². The molecule has 3 heterocycles. The Kier molecular flexibility index (Phi) is 3.09. The van der Waals surface area contributed by atoms with Crippen molar-refractivity contribution in [2.75, 3.05) is 5.73 Å². The first-order valence-corrected chi connectivity index (χ1v) is 6.60. The SMILES string of the molecule is Cc1nc2nncn2c(N)c1Cc1ncc(Br)cc1F. The maximum Gasteiger partial charge on any atom is 0.256 e. The van der Waals surface area contributed by atoms with E-state index in [9.17, 15) is 4.39 Å². The topological polar surface area (TPSA) is 82.0 Å². The third kappa shape index (κ3) is 2.11. The molecule has 0 unspecified atom stereocenters. The predicted octanol–water partition coefficient (Wildman–Crippen LogP) is 1.90. The van der Waals surface area contributed by atoms with E-state index in [-0.39, 0.29) is 12.2 Å². The Labute approximate surface area is 122 Å². The molecule has 0 saturated heterocycles. The lowest BCUT2D eigenvalue weighted by atomic mass is 10.1. The summed E-state index contributed by atoms with van der Waals surface area (Å²) < 4.78 is 16.0. The summed E-state index contributed by atoms with van der Waals surface area (Å²) in [7, 11) is 0. The van der Waals surface area contributed by atoms with Crippen LogP contribution in [0, 0.1) is 12.7 Å². The molecule has 0 amide bonds. The lowest BCUT2D eigenvalue weighted by Gasteiger charge is -2.10. The van der Waals surface area contributed by atoms with E-state index in [1.165, 1.54) is 12.4 Å².